The van der Waals surface area contributed by atoms with Crippen LogP contribution in [-0.2, 0) is 0 Å². The monoisotopic (exact) mass is 241 g/mol. The predicted molar refractivity (Wildman–Crippen MR) is 74.2 cm³/mol. The molecule has 0 bridgehead atoms. The van der Waals surface area contributed by atoms with Crippen LogP contribution in [0.25, 0.3) is 0 Å². The molecule has 2 nitrogen and oxygen atoms in total. The average molecular weight is 241 g/mol. The van der Waals surface area contributed by atoms with Crippen LogP contribution in [0.3, 0.4) is 0 Å². The standard InChI is InChI=1S/C15H31NO/c1-13(2)11-15(3,17)12-16-14-9-7-5-4-6-8-10-14/h13-14,16-17H,4-12H2,1-3H3. The first kappa shape index (κ1) is 15.0. The third-order valence-corrected chi connectivity index (χ3v) is 3.72. The van der Waals surface area contributed by atoms with Gasteiger partial charge in [-0.05, 0) is 32.1 Å². The van der Waals surface area contributed by atoms with Gasteiger partial charge in [-0.25, -0.2) is 0 Å². The second-order valence-corrected chi connectivity index (χ2v) is 6.52. The van der Waals surface area contributed by atoms with E-state index in [0.29, 0.717) is 12.0 Å². The van der Waals surface area contributed by atoms with Crippen molar-refractivity contribution in [3.63, 3.8) is 0 Å². The fourth-order valence-corrected chi connectivity index (χ4v) is 2.98. The SMILES string of the molecule is CC(C)CC(C)(O)CNC1CCCCCCC1. The number of rotatable bonds is 5. The molecule has 2 heteroatoms. The van der Waals surface area contributed by atoms with Crippen LogP contribution in [0.1, 0.15) is 72.1 Å². The molecule has 0 aromatic carbocycles. The smallest absolute Gasteiger partial charge is 0.0746 e. The molecule has 0 aromatic heterocycles. The van der Waals surface area contributed by atoms with Gasteiger partial charge in [0.1, 0.15) is 0 Å². The Bertz CT molecular complexity index is 193. The maximum atomic E-state index is 10.3. The highest BCUT2D eigenvalue weighted by Gasteiger charge is 2.23. The van der Waals surface area contributed by atoms with E-state index in [2.05, 4.69) is 19.2 Å². The zero-order valence-corrected chi connectivity index (χ0v) is 12.0. The van der Waals surface area contributed by atoms with Gasteiger partial charge in [0, 0.05) is 12.6 Å². The van der Waals surface area contributed by atoms with Crippen molar-refractivity contribution in [3.8, 4) is 0 Å². The van der Waals surface area contributed by atoms with Gasteiger partial charge in [0.15, 0.2) is 0 Å². The Hall–Kier alpha value is -0.0800. The molecule has 0 heterocycles. The number of nitrogens with one attached hydrogen (secondary N) is 1. The molecule has 0 spiro atoms. The molecule has 2 N–H and O–H groups in total. The first-order chi connectivity index (χ1) is 7.99. The Kier molecular flexibility index (Phi) is 6.50. The molecule has 0 amide bonds. The van der Waals surface area contributed by atoms with E-state index < -0.39 is 5.60 Å². The fourth-order valence-electron chi connectivity index (χ4n) is 2.98. The van der Waals surface area contributed by atoms with Crippen molar-refractivity contribution >= 4 is 0 Å². The minimum absolute atomic E-state index is 0.545. The lowest BCUT2D eigenvalue weighted by Gasteiger charge is -2.29. The third-order valence-electron chi connectivity index (χ3n) is 3.72. The summed E-state index contributed by atoms with van der Waals surface area (Å²) in [6.07, 6.45) is 10.4. The van der Waals surface area contributed by atoms with Gasteiger partial charge in [0.05, 0.1) is 5.60 Å². The molecule has 1 aliphatic rings. The maximum absolute atomic E-state index is 10.3. The summed E-state index contributed by atoms with van der Waals surface area (Å²) in [4.78, 5) is 0. The quantitative estimate of drug-likeness (QED) is 0.772. The molecule has 102 valence electrons. The van der Waals surface area contributed by atoms with Gasteiger partial charge >= 0.3 is 0 Å². The van der Waals surface area contributed by atoms with E-state index in [4.69, 9.17) is 0 Å². The Labute approximate surface area is 107 Å². The largest absolute Gasteiger partial charge is 0.389 e. The molecule has 0 aromatic rings. The molecule has 1 saturated carbocycles. The van der Waals surface area contributed by atoms with Crippen LogP contribution in [-0.4, -0.2) is 23.3 Å². The molecular formula is C15H31NO. The second kappa shape index (κ2) is 7.38. The molecule has 17 heavy (non-hydrogen) atoms. The highest BCUT2D eigenvalue weighted by atomic mass is 16.3. The zero-order valence-electron chi connectivity index (χ0n) is 12.0. The summed E-state index contributed by atoms with van der Waals surface area (Å²) in [5.74, 6) is 0.559. The van der Waals surface area contributed by atoms with Crippen LogP contribution >= 0.6 is 0 Å². The van der Waals surface area contributed by atoms with E-state index in [1.807, 2.05) is 6.92 Å². The highest BCUT2D eigenvalue weighted by Crippen LogP contribution is 2.19. The van der Waals surface area contributed by atoms with E-state index in [0.717, 1.165) is 13.0 Å². The molecule has 0 radical (unpaired) electrons. The number of hydrogen-bond donors (Lipinski definition) is 2. The van der Waals surface area contributed by atoms with E-state index in [-0.39, 0.29) is 0 Å². The van der Waals surface area contributed by atoms with Gasteiger partial charge < -0.3 is 10.4 Å². The summed E-state index contributed by atoms with van der Waals surface area (Å²) in [7, 11) is 0. The molecule has 1 unspecified atom stereocenters. The van der Waals surface area contributed by atoms with Crippen LogP contribution in [0.4, 0.5) is 0 Å². The lowest BCUT2D eigenvalue weighted by atomic mass is 9.92. The van der Waals surface area contributed by atoms with Crippen molar-refractivity contribution in [2.75, 3.05) is 6.54 Å². The summed E-state index contributed by atoms with van der Waals surface area (Å²) < 4.78 is 0. The Morgan fingerprint density at radius 1 is 1.12 bits per heavy atom. The van der Waals surface area contributed by atoms with Crippen molar-refractivity contribution in [2.24, 2.45) is 5.92 Å². The van der Waals surface area contributed by atoms with Gasteiger partial charge in [-0.3, -0.25) is 0 Å². The van der Waals surface area contributed by atoms with Crippen LogP contribution in [0.15, 0.2) is 0 Å². The Morgan fingerprint density at radius 3 is 2.18 bits per heavy atom. The first-order valence-corrected chi connectivity index (χ1v) is 7.45. The molecule has 1 atom stereocenters. The zero-order chi connectivity index (χ0) is 12.7. The topological polar surface area (TPSA) is 32.3 Å². The van der Waals surface area contributed by atoms with E-state index in [9.17, 15) is 5.11 Å². The Morgan fingerprint density at radius 2 is 1.65 bits per heavy atom. The van der Waals surface area contributed by atoms with Gasteiger partial charge in [-0.1, -0.05) is 46.0 Å². The Balaban J connectivity index is 2.27. The van der Waals surface area contributed by atoms with Crippen molar-refractivity contribution in [2.45, 2.75) is 83.8 Å². The first-order valence-electron chi connectivity index (χ1n) is 7.45. The summed E-state index contributed by atoms with van der Waals surface area (Å²) >= 11 is 0. The van der Waals surface area contributed by atoms with Crippen molar-refractivity contribution in [1.29, 1.82) is 0 Å². The van der Waals surface area contributed by atoms with Crippen LogP contribution < -0.4 is 5.32 Å². The van der Waals surface area contributed by atoms with Crippen LogP contribution in [0, 0.1) is 5.92 Å². The molecular weight excluding hydrogens is 210 g/mol. The molecule has 0 aliphatic heterocycles. The van der Waals surface area contributed by atoms with Gasteiger partial charge in [-0.2, -0.15) is 0 Å². The minimum atomic E-state index is -0.545. The van der Waals surface area contributed by atoms with E-state index >= 15 is 0 Å². The maximum Gasteiger partial charge on any atom is 0.0746 e. The summed E-state index contributed by atoms with van der Waals surface area (Å²) in [6.45, 7) is 7.05. The molecule has 1 rings (SSSR count). The van der Waals surface area contributed by atoms with E-state index in [1.165, 1.54) is 44.9 Å². The lowest BCUT2D eigenvalue weighted by Crippen LogP contribution is -2.43. The predicted octanol–water partition coefficient (Wildman–Crippen LogP) is 3.49. The van der Waals surface area contributed by atoms with Crippen molar-refractivity contribution in [1.82, 2.24) is 5.32 Å². The molecule has 1 fully saturated rings. The average Bonchev–Trinajstić information content (AvgIpc) is 2.13. The third kappa shape index (κ3) is 7.05. The summed E-state index contributed by atoms with van der Waals surface area (Å²) in [6, 6.07) is 0.633. The minimum Gasteiger partial charge on any atom is -0.389 e. The van der Waals surface area contributed by atoms with Crippen molar-refractivity contribution < 1.29 is 5.11 Å². The van der Waals surface area contributed by atoms with Gasteiger partial charge in [0.25, 0.3) is 0 Å². The van der Waals surface area contributed by atoms with Crippen molar-refractivity contribution in [3.05, 3.63) is 0 Å². The fraction of sp³-hybridized carbons (Fsp3) is 1.00. The summed E-state index contributed by atoms with van der Waals surface area (Å²) in [5, 5.41) is 13.9. The van der Waals surface area contributed by atoms with E-state index in [1.54, 1.807) is 0 Å². The molecule has 1 aliphatic carbocycles. The molecule has 0 saturated heterocycles. The summed E-state index contributed by atoms with van der Waals surface area (Å²) in [5.41, 5.74) is -0.545. The second-order valence-electron chi connectivity index (χ2n) is 6.52. The highest BCUT2D eigenvalue weighted by molar-refractivity contribution is 4.80. The van der Waals surface area contributed by atoms with Crippen LogP contribution in [0.5, 0.6) is 0 Å². The van der Waals surface area contributed by atoms with Crippen LogP contribution in [0.2, 0.25) is 0 Å². The van der Waals surface area contributed by atoms with Gasteiger partial charge in [-0.15, -0.1) is 0 Å². The number of hydrogen-bond acceptors (Lipinski definition) is 2. The van der Waals surface area contributed by atoms with Gasteiger partial charge in [0.2, 0.25) is 0 Å². The lowest BCUT2D eigenvalue weighted by molar-refractivity contribution is 0.0350. The normalized spacial score (nSPS) is 23.1. The number of aliphatic hydroxyl groups is 1.